The van der Waals surface area contributed by atoms with E-state index in [2.05, 4.69) is 5.32 Å². The molecule has 1 aliphatic heterocycles. The van der Waals surface area contributed by atoms with Crippen molar-refractivity contribution < 1.29 is 9.72 Å². The minimum atomic E-state index is -1.21. The number of carbonyl (C=O) groups is 1. The number of para-hydroxylation sites is 1. The number of amides is 1. The Labute approximate surface area is 179 Å². The van der Waals surface area contributed by atoms with E-state index in [0.717, 1.165) is 27.5 Å². The van der Waals surface area contributed by atoms with Crippen molar-refractivity contribution in [3.05, 3.63) is 124 Å². The van der Waals surface area contributed by atoms with Gasteiger partial charge in [-0.25, -0.2) is 0 Å². The zero-order chi connectivity index (χ0) is 21.4. The van der Waals surface area contributed by atoms with Gasteiger partial charge in [-0.05, 0) is 39.6 Å². The Hall–Kier alpha value is -3.99. The Kier molecular flexibility index (Phi) is 4.51. The van der Waals surface area contributed by atoms with Crippen molar-refractivity contribution in [2.75, 3.05) is 11.9 Å². The van der Waals surface area contributed by atoms with Crippen molar-refractivity contribution in [1.29, 1.82) is 0 Å². The smallest absolute Gasteiger partial charge is 0.240 e. The molecule has 0 radical (unpaired) electrons. The number of nitro groups is 1. The summed E-state index contributed by atoms with van der Waals surface area (Å²) in [6.45, 7) is -0.363. The summed E-state index contributed by atoms with van der Waals surface area (Å²) >= 11 is 0. The Morgan fingerprint density at radius 3 is 2.29 bits per heavy atom. The second-order valence-electron chi connectivity index (χ2n) is 7.85. The van der Waals surface area contributed by atoms with Gasteiger partial charge in [0.1, 0.15) is 5.41 Å². The van der Waals surface area contributed by atoms with Gasteiger partial charge in [-0.15, -0.1) is 0 Å². The third-order valence-corrected chi connectivity index (χ3v) is 6.22. The molecule has 4 aromatic rings. The van der Waals surface area contributed by atoms with E-state index in [-0.39, 0.29) is 17.4 Å². The van der Waals surface area contributed by atoms with Crippen molar-refractivity contribution in [2.45, 2.75) is 11.3 Å². The summed E-state index contributed by atoms with van der Waals surface area (Å²) in [5, 5.41) is 16.9. The van der Waals surface area contributed by atoms with Crippen LogP contribution in [0.3, 0.4) is 0 Å². The lowest BCUT2D eigenvalue weighted by atomic mass is 9.64. The molecular weight excluding hydrogens is 388 g/mol. The van der Waals surface area contributed by atoms with Crippen molar-refractivity contribution in [2.24, 2.45) is 0 Å². The van der Waals surface area contributed by atoms with Gasteiger partial charge in [0, 0.05) is 10.6 Å². The predicted molar refractivity (Wildman–Crippen MR) is 121 cm³/mol. The van der Waals surface area contributed by atoms with Gasteiger partial charge in [-0.3, -0.25) is 14.9 Å². The van der Waals surface area contributed by atoms with Crippen LogP contribution >= 0.6 is 0 Å². The Morgan fingerprint density at radius 1 is 0.839 bits per heavy atom. The van der Waals surface area contributed by atoms with Crippen LogP contribution in [-0.4, -0.2) is 17.4 Å². The summed E-state index contributed by atoms with van der Waals surface area (Å²) in [5.41, 5.74) is 1.77. The number of carbonyl (C=O) groups excluding carboxylic acids is 1. The van der Waals surface area contributed by atoms with Crippen LogP contribution in [0.4, 0.5) is 5.69 Å². The van der Waals surface area contributed by atoms with Crippen LogP contribution in [0.2, 0.25) is 0 Å². The lowest BCUT2D eigenvalue weighted by Crippen LogP contribution is -2.44. The molecule has 5 rings (SSSR count). The van der Waals surface area contributed by atoms with E-state index in [1.807, 2.05) is 97.1 Å². The van der Waals surface area contributed by atoms with Gasteiger partial charge in [0.2, 0.25) is 12.5 Å². The van der Waals surface area contributed by atoms with Gasteiger partial charge in [0.05, 0.1) is 5.92 Å². The average Bonchev–Trinajstić information content (AvgIpc) is 3.10. The summed E-state index contributed by atoms with van der Waals surface area (Å²) in [6.07, 6.45) is 0. The fraction of sp³-hybridized carbons (Fsp3) is 0.115. The quantitative estimate of drug-likeness (QED) is 0.367. The highest BCUT2D eigenvalue weighted by Gasteiger charge is 2.55. The third-order valence-electron chi connectivity index (χ3n) is 6.22. The molecule has 0 aromatic heterocycles. The molecule has 0 bridgehead atoms. The summed E-state index contributed by atoms with van der Waals surface area (Å²) in [7, 11) is 0. The number of nitrogens with one attached hydrogen (secondary N) is 1. The molecule has 0 saturated carbocycles. The van der Waals surface area contributed by atoms with Gasteiger partial charge in [0.25, 0.3) is 0 Å². The molecule has 1 aliphatic rings. The molecule has 0 spiro atoms. The van der Waals surface area contributed by atoms with Gasteiger partial charge in [0.15, 0.2) is 0 Å². The average molecular weight is 408 g/mol. The van der Waals surface area contributed by atoms with E-state index in [0.29, 0.717) is 5.69 Å². The van der Waals surface area contributed by atoms with Gasteiger partial charge < -0.3 is 5.32 Å². The first kappa shape index (κ1) is 19.0. The fourth-order valence-electron chi connectivity index (χ4n) is 4.87. The molecule has 1 amide bonds. The molecule has 0 unspecified atom stereocenters. The van der Waals surface area contributed by atoms with Crippen LogP contribution in [0, 0.1) is 10.1 Å². The monoisotopic (exact) mass is 408 g/mol. The zero-order valence-electron chi connectivity index (χ0n) is 16.7. The molecule has 152 valence electrons. The van der Waals surface area contributed by atoms with E-state index >= 15 is 0 Å². The number of nitrogens with zero attached hydrogens (tertiary/aromatic N) is 1. The molecular formula is C26H20N2O3. The maximum absolute atomic E-state index is 13.8. The minimum absolute atomic E-state index is 0.236. The standard InChI is InChI=1S/C26H20N2O3/c29-25-26(22-12-6-7-13-24(22)27-25,21-15-14-18-8-4-5-11-20(18)16-21)23(17-28(30)31)19-9-2-1-3-10-19/h1-16,23H,17H2,(H,27,29)/t23-,26-/m0/s1. The number of hydrogen-bond acceptors (Lipinski definition) is 3. The van der Waals surface area contributed by atoms with Crippen LogP contribution in [0.5, 0.6) is 0 Å². The molecule has 5 nitrogen and oxygen atoms in total. The Balaban J connectivity index is 1.85. The maximum Gasteiger partial charge on any atom is 0.240 e. The first-order valence-electron chi connectivity index (χ1n) is 10.2. The van der Waals surface area contributed by atoms with E-state index in [1.165, 1.54) is 0 Å². The van der Waals surface area contributed by atoms with E-state index in [1.54, 1.807) is 0 Å². The topological polar surface area (TPSA) is 72.2 Å². The number of anilines is 1. The van der Waals surface area contributed by atoms with Crippen molar-refractivity contribution >= 4 is 22.4 Å². The highest BCUT2D eigenvalue weighted by atomic mass is 16.6. The Morgan fingerprint density at radius 2 is 1.52 bits per heavy atom. The molecule has 5 heteroatoms. The lowest BCUT2D eigenvalue weighted by Gasteiger charge is -2.35. The highest BCUT2D eigenvalue weighted by Crippen LogP contribution is 2.52. The molecule has 0 fully saturated rings. The Bertz CT molecular complexity index is 1300. The summed E-state index contributed by atoms with van der Waals surface area (Å²) in [5.74, 6) is -0.909. The van der Waals surface area contributed by atoms with Crippen LogP contribution in [-0.2, 0) is 10.2 Å². The van der Waals surface area contributed by atoms with Gasteiger partial charge >= 0.3 is 0 Å². The summed E-state index contributed by atoms with van der Waals surface area (Å²) in [6, 6.07) is 30.6. The number of fused-ring (bicyclic) bond motifs is 2. The predicted octanol–water partition coefficient (Wildman–Crippen LogP) is 5.14. The lowest BCUT2D eigenvalue weighted by molar-refractivity contribution is -0.484. The fourth-order valence-corrected chi connectivity index (χ4v) is 4.87. The highest BCUT2D eigenvalue weighted by molar-refractivity contribution is 6.10. The first-order chi connectivity index (χ1) is 15.1. The van der Waals surface area contributed by atoms with Crippen LogP contribution in [0.15, 0.2) is 97.1 Å². The summed E-state index contributed by atoms with van der Waals surface area (Å²) in [4.78, 5) is 25.2. The number of hydrogen-bond donors (Lipinski definition) is 1. The zero-order valence-corrected chi connectivity index (χ0v) is 16.7. The molecule has 2 atom stereocenters. The number of benzene rings is 4. The van der Waals surface area contributed by atoms with E-state index < -0.39 is 11.3 Å². The molecule has 4 aromatic carbocycles. The largest absolute Gasteiger partial charge is 0.325 e. The van der Waals surface area contributed by atoms with Crippen LogP contribution in [0.1, 0.15) is 22.6 Å². The molecule has 0 saturated heterocycles. The van der Waals surface area contributed by atoms with Gasteiger partial charge in [-0.1, -0.05) is 84.9 Å². The second kappa shape index (κ2) is 7.36. The van der Waals surface area contributed by atoms with Crippen molar-refractivity contribution in [3.8, 4) is 0 Å². The number of rotatable bonds is 5. The molecule has 1 heterocycles. The van der Waals surface area contributed by atoms with E-state index in [4.69, 9.17) is 0 Å². The van der Waals surface area contributed by atoms with Crippen molar-refractivity contribution in [1.82, 2.24) is 0 Å². The minimum Gasteiger partial charge on any atom is -0.325 e. The molecule has 1 N–H and O–H groups in total. The first-order valence-corrected chi connectivity index (χ1v) is 10.2. The van der Waals surface area contributed by atoms with Crippen LogP contribution < -0.4 is 5.32 Å². The van der Waals surface area contributed by atoms with Crippen LogP contribution in [0.25, 0.3) is 10.8 Å². The molecule has 31 heavy (non-hydrogen) atoms. The second-order valence-corrected chi connectivity index (χ2v) is 7.85. The molecule has 0 aliphatic carbocycles. The SMILES string of the molecule is O=C1Nc2ccccc2[C@@]1(c1ccc2ccccc2c1)[C@@H](C[N+](=O)[O-])c1ccccc1. The normalized spacial score (nSPS) is 18.4. The van der Waals surface area contributed by atoms with E-state index in [9.17, 15) is 14.9 Å². The third kappa shape index (κ3) is 2.97. The summed E-state index contributed by atoms with van der Waals surface area (Å²) < 4.78 is 0. The van der Waals surface area contributed by atoms with Gasteiger partial charge in [-0.2, -0.15) is 0 Å². The maximum atomic E-state index is 13.8. The van der Waals surface area contributed by atoms with Crippen molar-refractivity contribution in [3.63, 3.8) is 0 Å².